The molecule has 1 atom stereocenters. The van der Waals surface area contributed by atoms with Crippen LogP contribution in [0.5, 0.6) is 0 Å². The van der Waals surface area contributed by atoms with Gasteiger partial charge in [0.05, 0.1) is 5.69 Å². The molecule has 0 bridgehead atoms. The van der Waals surface area contributed by atoms with Crippen LogP contribution in [-0.2, 0) is 16.1 Å². The molecule has 2 aliphatic rings. The molecule has 3 heterocycles. The molecule has 0 aromatic carbocycles. The minimum Gasteiger partial charge on any atom is -0.339 e. The summed E-state index contributed by atoms with van der Waals surface area (Å²) in [6.07, 6.45) is 4.24. The van der Waals surface area contributed by atoms with Gasteiger partial charge in [0.15, 0.2) is 0 Å². The summed E-state index contributed by atoms with van der Waals surface area (Å²) in [6.45, 7) is 2.86. The third-order valence-electron chi connectivity index (χ3n) is 4.42. The maximum atomic E-state index is 12.3. The number of rotatable bonds is 4. The SMILES string of the molecule is O=C1CCC(NC(=O)c2cccc(CN3CCCCC3)n2)C(=O)N1. The minimum atomic E-state index is -0.678. The number of pyridine rings is 1. The number of carbonyl (C=O) groups is 3. The molecule has 1 aromatic rings. The van der Waals surface area contributed by atoms with E-state index >= 15 is 0 Å². The Morgan fingerprint density at radius 2 is 2.04 bits per heavy atom. The van der Waals surface area contributed by atoms with E-state index in [-0.39, 0.29) is 18.2 Å². The highest BCUT2D eigenvalue weighted by Gasteiger charge is 2.28. The van der Waals surface area contributed by atoms with E-state index in [1.165, 1.54) is 19.3 Å². The van der Waals surface area contributed by atoms with Crippen LogP contribution in [0.1, 0.15) is 48.3 Å². The van der Waals surface area contributed by atoms with Crippen LogP contribution in [0.3, 0.4) is 0 Å². The number of imide groups is 1. The van der Waals surface area contributed by atoms with E-state index in [0.29, 0.717) is 12.1 Å². The van der Waals surface area contributed by atoms with Crippen LogP contribution in [-0.4, -0.2) is 46.7 Å². The van der Waals surface area contributed by atoms with E-state index in [0.717, 1.165) is 25.3 Å². The van der Waals surface area contributed by atoms with Gasteiger partial charge in [-0.05, 0) is 44.5 Å². The standard InChI is InChI=1S/C17H22N4O3/c22-15-8-7-14(17(24)20-15)19-16(23)13-6-4-5-12(18-13)11-21-9-2-1-3-10-21/h4-6,14H,1-3,7-11H2,(H,19,23)(H,20,22,24). The number of likely N-dealkylation sites (tertiary alicyclic amines) is 1. The fraction of sp³-hybridized carbons (Fsp3) is 0.529. The molecule has 0 spiro atoms. The molecule has 2 saturated heterocycles. The first-order chi connectivity index (χ1) is 11.6. The molecule has 0 radical (unpaired) electrons. The van der Waals surface area contributed by atoms with Crippen LogP contribution in [0.2, 0.25) is 0 Å². The molecule has 7 heteroatoms. The number of amides is 3. The number of nitrogens with one attached hydrogen (secondary N) is 2. The lowest BCUT2D eigenvalue weighted by atomic mass is 10.1. The maximum Gasteiger partial charge on any atom is 0.270 e. The minimum absolute atomic E-state index is 0.235. The number of carbonyl (C=O) groups excluding carboxylic acids is 3. The summed E-state index contributed by atoms with van der Waals surface area (Å²) in [6, 6.07) is 4.69. The van der Waals surface area contributed by atoms with E-state index in [2.05, 4.69) is 20.5 Å². The molecule has 2 fully saturated rings. The molecule has 7 nitrogen and oxygen atoms in total. The van der Waals surface area contributed by atoms with Gasteiger partial charge in [0.2, 0.25) is 11.8 Å². The van der Waals surface area contributed by atoms with Crippen molar-refractivity contribution >= 4 is 17.7 Å². The van der Waals surface area contributed by atoms with E-state index < -0.39 is 11.9 Å². The summed E-state index contributed by atoms with van der Waals surface area (Å²) in [5.74, 6) is -1.14. The largest absolute Gasteiger partial charge is 0.339 e. The van der Waals surface area contributed by atoms with E-state index in [9.17, 15) is 14.4 Å². The quantitative estimate of drug-likeness (QED) is 0.789. The zero-order valence-electron chi connectivity index (χ0n) is 13.6. The Kier molecular flexibility index (Phi) is 5.20. The van der Waals surface area contributed by atoms with Crippen molar-refractivity contribution < 1.29 is 14.4 Å². The van der Waals surface area contributed by atoms with Crippen LogP contribution in [0.25, 0.3) is 0 Å². The van der Waals surface area contributed by atoms with Gasteiger partial charge in [-0.25, -0.2) is 4.98 Å². The fourth-order valence-electron chi connectivity index (χ4n) is 3.10. The Morgan fingerprint density at radius 3 is 2.79 bits per heavy atom. The van der Waals surface area contributed by atoms with Crippen LogP contribution in [0.4, 0.5) is 0 Å². The van der Waals surface area contributed by atoms with E-state index in [1.807, 2.05) is 12.1 Å². The Morgan fingerprint density at radius 1 is 1.25 bits per heavy atom. The first-order valence-electron chi connectivity index (χ1n) is 8.44. The van der Waals surface area contributed by atoms with Crippen molar-refractivity contribution in [3.63, 3.8) is 0 Å². The number of hydrogen-bond donors (Lipinski definition) is 2. The van der Waals surface area contributed by atoms with Crippen LogP contribution >= 0.6 is 0 Å². The molecule has 2 aliphatic heterocycles. The van der Waals surface area contributed by atoms with Crippen molar-refractivity contribution in [3.05, 3.63) is 29.6 Å². The lowest BCUT2D eigenvalue weighted by molar-refractivity contribution is -0.134. The highest BCUT2D eigenvalue weighted by atomic mass is 16.2. The monoisotopic (exact) mass is 330 g/mol. The summed E-state index contributed by atoms with van der Waals surface area (Å²) in [7, 11) is 0. The Balaban J connectivity index is 1.61. The molecule has 24 heavy (non-hydrogen) atoms. The second-order valence-corrected chi connectivity index (χ2v) is 6.33. The number of nitrogens with zero attached hydrogens (tertiary/aromatic N) is 2. The van der Waals surface area contributed by atoms with Crippen molar-refractivity contribution in [3.8, 4) is 0 Å². The second-order valence-electron chi connectivity index (χ2n) is 6.33. The first-order valence-corrected chi connectivity index (χ1v) is 8.44. The highest BCUT2D eigenvalue weighted by Crippen LogP contribution is 2.12. The highest BCUT2D eigenvalue weighted by molar-refractivity contribution is 6.03. The zero-order chi connectivity index (χ0) is 16.9. The van der Waals surface area contributed by atoms with Crippen LogP contribution in [0, 0.1) is 0 Å². The van der Waals surface area contributed by atoms with Gasteiger partial charge in [-0.1, -0.05) is 12.5 Å². The Labute approximate surface area is 140 Å². The Hall–Kier alpha value is -2.28. The first kappa shape index (κ1) is 16.6. The summed E-state index contributed by atoms with van der Waals surface area (Å²) >= 11 is 0. The van der Waals surface area contributed by atoms with Crippen molar-refractivity contribution in [1.82, 2.24) is 20.5 Å². The zero-order valence-corrected chi connectivity index (χ0v) is 13.6. The molecule has 1 unspecified atom stereocenters. The van der Waals surface area contributed by atoms with Gasteiger partial charge in [0.1, 0.15) is 11.7 Å². The third kappa shape index (κ3) is 4.17. The second kappa shape index (κ2) is 7.53. The topological polar surface area (TPSA) is 91.4 Å². The van der Waals surface area contributed by atoms with Gasteiger partial charge in [0, 0.05) is 13.0 Å². The van der Waals surface area contributed by atoms with Gasteiger partial charge in [-0.15, -0.1) is 0 Å². The van der Waals surface area contributed by atoms with Gasteiger partial charge in [-0.2, -0.15) is 0 Å². The average molecular weight is 330 g/mol. The van der Waals surface area contributed by atoms with Gasteiger partial charge in [0.25, 0.3) is 5.91 Å². The number of piperidine rings is 2. The molecular weight excluding hydrogens is 308 g/mol. The number of aromatic nitrogens is 1. The maximum absolute atomic E-state index is 12.3. The summed E-state index contributed by atoms with van der Waals surface area (Å²) in [4.78, 5) is 42.0. The molecule has 0 aliphatic carbocycles. The lowest BCUT2D eigenvalue weighted by Crippen LogP contribution is -2.52. The van der Waals surface area contributed by atoms with E-state index in [4.69, 9.17) is 0 Å². The van der Waals surface area contributed by atoms with Gasteiger partial charge >= 0.3 is 0 Å². The summed E-state index contributed by atoms with van der Waals surface area (Å²) in [5, 5.41) is 4.89. The molecule has 3 rings (SSSR count). The molecule has 3 amide bonds. The molecule has 0 saturated carbocycles. The van der Waals surface area contributed by atoms with Crippen molar-refractivity contribution in [2.75, 3.05) is 13.1 Å². The third-order valence-corrected chi connectivity index (χ3v) is 4.42. The fourth-order valence-corrected chi connectivity index (χ4v) is 3.10. The normalized spacial score (nSPS) is 22.1. The molecule has 1 aromatic heterocycles. The smallest absolute Gasteiger partial charge is 0.270 e. The van der Waals surface area contributed by atoms with Crippen LogP contribution in [0.15, 0.2) is 18.2 Å². The van der Waals surface area contributed by atoms with Gasteiger partial charge in [-0.3, -0.25) is 24.6 Å². The molecule has 128 valence electrons. The number of hydrogen-bond acceptors (Lipinski definition) is 5. The van der Waals surface area contributed by atoms with Crippen molar-refractivity contribution in [2.24, 2.45) is 0 Å². The lowest BCUT2D eigenvalue weighted by Gasteiger charge is -2.26. The van der Waals surface area contributed by atoms with Crippen LogP contribution < -0.4 is 10.6 Å². The van der Waals surface area contributed by atoms with E-state index in [1.54, 1.807) is 6.07 Å². The molecule has 2 N–H and O–H groups in total. The molecular formula is C17H22N4O3. The summed E-state index contributed by atoms with van der Waals surface area (Å²) in [5.41, 5.74) is 1.15. The van der Waals surface area contributed by atoms with Crippen molar-refractivity contribution in [2.45, 2.75) is 44.7 Å². The van der Waals surface area contributed by atoms with Gasteiger partial charge < -0.3 is 5.32 Å². The predicted octanol–water partition coefficient (Wildman–Crippen LogP) is 0.603. The summed E-state index contributed by atoms with van der Waals surface area (Å²) < 4.78 is 0. The predicted molar refractivity (Wildman–Crippen MR) is 87.0 cm³/mol. The Bertz CT molecular complexity index is 640. The average Bonchev–Trinajstić information content (AvgIpc) is 2.58. The van der Waals surface area contributed by atoms with Crippen molar-refractivity contribution in [1.29, 1.82) is 0 Å².